The van der Waals surface area contributed by atoms with E-state index in [-0.39, 0.29) is 5.75 Å². The minimum absolute atomic E-state index is 0.207. The van der Waals surface area contributed by atoms with Gasteiger partial charge in [-0.3, -0.25) is 4.99 Å². The lowest BCUT2D eigenvalue weighted by Crippen LogP contribution is -2.32. The predicted molar refractivity (Wildman–Crippen MR) is 94.7 cm³/mol. The summed E-state index contributed by atoms with van der Waals surface area (Å²) < 4.78 is 5.17. The summed E-state index contributed by atoms with van der Waals surface area (Å²) in [5, 5.41) is 9.88. The highest BCUT2D eigenvalue weighted by molar-refractivity contribution is 5.84. The van der Waals surface area contributed by atoms with E-state index in [1.807, 2.05) is 6.07 Å². The Kier molecular flexibility index (Phi) is 6.18. The standard InChI is InChI=1S/C19H24N2O2/c1-21(2)17(11-15-7-5-4-6-8-15)14-20-13-16-12-18(23-3)9-10-19(16)22/h4-10,12-13,17,22H,11,14H2,1-3H3/t17-/m1/s1. The lowest BCUT2D eigenvalue weighted by Gasteiger charge is -2.22. The molecule has 1 atom stereocenters. The van der Waals surface area contributed by atoms with E-state index in [0.717, 1.165) is 6.42 Å². The summed E-state index contributed by atoms with van der Waals surface area (Å²) in [6.45, 7) is 0.665. The number of methoxy groups -OCH3 is 1. The van der Waals surface area contributed by atoms with Crippen LogP contribution in [0.1, 0.15) is 11.1 Å². The third-order valence-electron chi connectivity index (χ3n) is 3.83. The van der Waals surface area contributed by atoms with Crippen molar-refractivity contribution < 1.29 is 9.84 Å². The molecule has 0 aromatic heterocycles. The number of benzene rings is 2. The molecule has 23 heavy (non-hydrogen) atoms. The normalized spacial score (nSPS) is 12.7. The van der Waals surface area contributed by atoms with Crippen molar-refractivity contribution in [2.45, 2.75) is 12.5 Å². The summed E-state index contributed by atoms with van der Waals surface area (Å²) in [5.74, 6) is 0.914. The maximum atomic E-state index is 9.88. The first-order chi connectivity index (χ1) is 11.1. The fraction of sp³-hybridized carbons (Fsp3) is 0.316. The Labute approximate surface area is 138 Å². The largest absolute Gasteiger partial charge is 0.507 e. The minimum atomic E-state index is 0.207. The quantitative estimate of drug-likeness (QED) is 0.799. The van der Waals surface area contributed by atoms with Crippen LogP contribution in [0.2, 0.25) is 0 Å². The third-order valence-corrected chi connectivity index (χ3v) is 3.83. The molecular formula is C19H24N2O2. The van der Waals surface area contributed by atoms with Gasteiger partial charge in [0.05, 0.1) is 13.7 Å². The molecule has 4 nitrogen and oxygen atoms in total. The summed E-state index contributed by atoms with van der Waals surface area (Å²) in [4.78, 5) is 6.69. The fourth-order valence-corrected chi connectivity index (χ4v) is 2.33. The SMILES string of the molecule is COc1ccc(O)c(C=NC[C@@H](Cc2ccccc2)N(C)C)c1. The Morgan fingerprint density at radius 2 is 1.91 bits per heavy atom. The van der Waals surface area contributed by atoms with Gasteiger partial charge in [-0.2, -0.15) is 0 Å². The van der Waals surface area contributed by atoms with Crippen LogP contribution < -0.4 is 4.74 Å². The van der Waals surface area contributed by atoms with Crippen molar-refractivity contribution >= 4 is 6.21 Å². The van der Waals surface area contributed by atoms with E-state index in [1.54, 1.807) is 31.5 Å². The lowest BCUT2D eigenvalue weighted by molar-refractivity contribution is 0.298. The van der Waals surface area contributed by atoms with Crippen LogP contribution in [0, 0.1) is 0 Å². The summed E-state index contributed by atoms with van der Waals surface area (Å²) in [7, 11) is 5.73. The van der Waals surface area contributed by atoms with E-state index in [9.17, 15) is 5.11 Å². The zero-order chi connectivity index (χ0) is 16.7. The first-order valence-corrected chi connectivity index (χ1v) is 7.67. The van der Waals surface area contributed by atoms with Crippen LogP contribution >= 0.6 is 0 Å². The van der Waals surface area contributed by atoms with Gasteiger partial charge in [0.25, 0.3) is 0 Å². The minimum Gasteiger partial charge on any atom is -0.507 e. The average molecular weight is 312 g/mol. The number of hydrogen-bond acceptors (Lipinski definition) is 4. The summed E-state index contributed by atoms with van der Waals surface area (Å²) >= 11 is 0. The monoisotopic (exact) mass is 312 g/mol. The molecule has 0 radical (unpaired) electrons. The van der Waals surface area contributed by atoms with Crippen LogP contribution in [0.4, 0.5) is 0 Å². The van der Waals surface area contributed by atoms with Crippen molar-refractivity contribution in [2.24, 2.45) is 4.99 Å². The van der Waals surface area contributed by atoms with Gasteiger partial charge in [-0.1, -0.05) is 30.3 Å². The second kappa shape index (κ2) is 8.34. The van der Waals surface area contributed by atoms with Gasteiger partial charge in [0.15, 0.2) is 0 Å². The van der Waals surface area contributed by atoms with Crippen molar-refractivity contribution in [1.82, 2.24) is 4.90 Å². The highest BCUT2D eigenvalue weighted by atomic mass is 16.5. The van der Waals surface area contributed by atoms with E-state index < -0.39 is 0 Å². The molecule has 4 heteroatoms. The Morgan fingerprint density at radius 3 is 2.57 bits per heavy atom. The van der Waals surface area contributed by atoms with Gasteiger partial charge in [0, 0.05) is 17.8 Å². The first-order valence-electron chi connectivity index (χ1n) is 7.67. The molecule has 122 valence electrons. The van der Waals surface area contributed by atoms with Gasteiger partial charge < -0.3 is 14.7 Å². The number of ether oxygens (including phenoxy) is 1. The van der Waals surface area contributed by atoms with Gasteiger partial charge >= 0.3 is 0 Å². The molecule has 0 aliphatic heterocycles. The van der Waals surface area contributed by atoms with E-state index >= 15 is 0 Å². The van der Waals surface area contributed by atoms with Gasteiger partial charge in [-0.15, -0.1) is 0 Å². The fourth-order valence-electron chi connectivity index (χ4n) is 2.33. The van der Waals surface area contributed by atoms with Crippen molar-refractivity contribution in [1.29, 1.82) is 0 Å². The molecule has 2 aromatic rings. The number of likely N-dealkylation sites (N-methyl/N-ethyl adjacent to an activating group) is 1. The number of aromatic hydroxyl groups is 1. The molecule has 0 aliphatic carbocycles. The molecule has 0 amide bonds. The average Bonchev–Trinajstić information content (AvgIpc) is 2.56. The Bertz CT molecular complexity index is 639. The second-order valence-corrected chi connectivity index (χ2v) is 5.73. The van der Waals surface area contributed by atoms with Gasteiger partial charge in [-0.25, -0.2) is 0 Å². The van der Waals surface area contributed by atoms with Crippen molar-refractivity contribution in [3.8, 4) is 11.5 Å². The summed E-state index contributed by atoms with van der Waals surface area (Å²) in [6.07, 6.45) is 2.65. The summed E-state index contributed by atoms with van der Waals surface area (Å²) in [5.41, 5.74) is 1.96. The number of rotatable bonds is 7. The molecule has 0 unspecified atom stereocenters. The topological polar surface area (TPSA) is 45.1 Å². The molecule has 0 saturated carbocycles. The highest BCUT2D eigenvalue weighted by Gasteiger charge is 2.11. The van der Waals surface area contributed by atoms with Gasteiger partial charge in [0.2, 0.25) is 0 Å². The maximum absolute atomic E-state index is 9.88. The van der Waals surface area contributed by atoms with E-state index in [4.69, 9.17) is 4.74 Å². The number of hydrogen-bond donors (Lipinski definition) is 1. The van der Waals surface area contributed by atoms with Crippen LogP contribution in [0.15, 0.2) is 53.5 Å². The molecule has 0 heterocycles. The number of aliphatic imine (C=N–C) groups is 1. The summed E-state index contributed by atoms with van der Waals surface area (Å²) in [6, 6.07) is 15.8. The zero-order valence-corrected chi connectivity index (χ0v) is 13.9. The lowest BCUT2D eigenvalue weighted by atomic mass is 10.1. The number of phenolic OH excluding ortho intramolecular Hbond substituents is 1. The first kappa shape index (κ1) is 17.0. The molecule has 0 saturated heterocycles. The van der Waals surface area contributed by atoms with Crippen LogP contribution in [0.5, 0.6) is 11.5 Å². The Morgan fingerprint density at radius 1 is 1.17 bits per heavy atom. The Balaban J connectivity index is 2.04. The van der Waals surface area contributed by atoms with E-state index in [2.05, 4.69) is 48.3 Å². The maximum Gasteiger partial charge on any atom is 0.124 e. The smallest absolute Gasteiger partial charge is 0.124 e. The van der Waals surface area contributed by atoms with Gasteiger partial charge in [0.1, 0.15) is 11.5 Å². The number of phenols is 1. The van der Waals surface area contributed by atoms with Crippen LogP contribution in [-0.2, 0) is 6.42 Å². The molecular weight excluding hydrogens is 288 g/mol. The molecule has 0 bridgehead atoms. The zero-order valence-electron chi connectivity index (χ0n) is 13.9. The van der Waals surface area contributed by atoms with Crippen molar-refractivity contribution in [3.05, 3.63) is 59.7 Å². The third kappa shape index (κ3) is 5.11. The molecule has 2 rings (SSSR count). The Hall–Kier alpha value is -2.33. The molecule has 1 N–H and O–H groups in total. The highest BCUT2D eigenvalue weighted by Crippen LogP contribution is 2.21. The molecule has 0 fully saturated rings. The second-order valence-electron chi connectivity index (χ2n) is 5.73. The molecule has 0 aliphatic rings. The van der Waals surface area contributed by atoms with Crippen LogP contribution in [0.3, 0.4) is 0 Å². The number of nitrogens with zero attached hydrogens (tertiary/aromatic N) is 2. The molecule has 2 aromatic carbocycles. The van der Waals surface area contributed by atoms with Crippen LogP contribution in [-0.4, -0.2) is 50.0 Å². The van der Waals surface area contributed by atoms with Crippen LogP contribution in [0.25, 0.3) is 0 Å². The molecule has 0 spiro atoms. The predicted octanol–water partition coefficient (Wildman–Crippen LogP) is 2.99. The van der Waals surface area contributed by atoms with Crippen molar-refractivity contribution in [3.63, 3.8) is 0 Å². The van der Waals surface area contributed by atoms with E-state index in [1.165, 1.54) is 5.56 Å². The van der Waals surface area contributed by atoms with Gasteiger partial charge in [-0.05, 0) is 44.3 Å². The van der Waals surface area contributed by atoms with Crippen molar-refractivity contribution in [2.75, 3.05) is 27.7 Å². The van der Waals surface area contributed by atoms with E-state index in [0.29, 0.717) is 23.9 Å².